The van der Waals surface area contributed by atoms with Crippen molar-refractivity contribution in [2.45, 2.75) is 33.2 Å². The van der Waals surface area contributed by atoms with Gasteiger partial charge in [-0.1, -0.05) is 6.92 Å². The van der Waals surface area contributed by atoms with Crippen molar-refractivity contribution in [3.05, 3.63) is 50.1 Å². The number of hydrogen-bond donors (Lipinski definition) is 1. The lowest BCUT2D eigenvalue weighted by atomic mass is 10.2. The molecule has 0 aliphatic rings. The van der Waals surface area contributed by atoms with Crippen LogP contribution in [0.25, 0.3) is 0 Å². The topological polar surface area (TPSA) is 38.7 Å². The fourth-order valence-electron chi connectivity index (χ4n) is 2.05. The zero-order valence-electron chi connectivity index (χ0n) is 13.9. The highest BCUT2D eigenvalue weighted by molar-refractivity contribution is 9.15. The van der Waals surface area contributed by atoms with Crippen LogP contribution in [0.5, 0.6) is 11.5 Å². The fraction of sp³-hybridized carbons (Fsp3) is 0.294. The Morgan fingerprint density at radius 2 is 1.12 bits per heavy atom. The van der Waals surface area contributed by atoms with Gasteiger partial charge in [0.05, 0.1) is 6.42 Å². The van der Waals surface area contributed by atoms with Crippen molar-refractivity contribution >= 4 is 95.6 Å². The molecule has 2 aromatic rings. The van der Waals surface area contributed by atoms with Gasteiger partial charge in [0.1, 0.15) is 11.5 Å². The zero-order chi connectivity index (χ0) is 19.8. The average Bonchev–Trinajstić information content (AvgIpc) is 2.60. The average molecular weight is 746 g/mol. The maximum Gasteiger partial charge on any atom is 0.368 e. The van der Waals surface area contributed by atoms with E-state index < -0.39 is 5.97 Å². The molecule has 0 aliphatic carbocycles. The molecule has 0 bridgehead atoms. The van der Waals surface area contributed by atoms with Crippen molar-refractivity contribution in [2.75, 3.05) is 0 Å². The predicted octanol–water partition coefficient (Wildman–Crippen LogP) is 8.39. The molecule has 0 atom stereocenters. The molecule has 0 saturated carbocycles. The molecular formula is C17H14Br6O3. The van der Waals surface area contributed by atoms with Crippen LogP contribution in [0.2, 0.25) is 0 Å². The molecule has 0 saturated heterocycles. The molecule has 1 N–H and O–H groups in total. The molecule has 0 spiro atoms. The van der Waals surface area contributed by atoms with Gasteiger partial charge in [-0.15, -0.1) is 0 Å². The smallest absolute Gasteiger partial charge is 0.368 e. The van der Waals surface area contributed by atoms with Crippen molar-refractivity contribution in [3.8, 4) is 11.5 Å². The highest BCUT2D eigenvalue weighted by Crippen LogP contribution is 2.42. The van der Waals surface area contributed by atoms with Crippen LogP contribution < -0.4 is 9.47 Å². The van der Waals surface area contributed by atoms with Gasteiger partial charge in [-0.2, -0.15) is 0 Å². The molecule has 0 radical (unpaired) electrons. The van der Waals surface area contributed by atoms with Crippen LogP contribution in [-0.4, -0.2) is 11.1 Å². The molecule has 9 heteroatoms. The molecule has 0 aromatic heterocycles. The SMILES string of the molecule is CCC(O)(Oc1cc(Br)c(Br)c(Br)c1C)Oc1cc(Br)c(Br)c(Br)c1C. The first kappa shape index (κ1) is 23.2. The van der Waals surface area contributed by atoms with Gasteiger partial charge in [0.15, 0.2) is 0 Å². The van der Waals surface area contributed by atoms with Gasteiger partial charge in [0, 0.05) is 38.0 Å². The van der Waals surface area contributed by atoms with Crippen LogP contribution >= 0.6 is 95.6 Å². The largest absolute Gasteiger partial charge is 0.430 e. The summed E-state index contributed by atoms with van der Waals surface area (Å²) < 4.78 is 16.8. The molecule has 0 aliphatic heterocycles. The summed E-state index contributed by atoms with van der Waals surface area (Å²) >= 11 is 21.0. The quantitative estimate of drug-likeness (QED) is 0.247. The van der Waals surface area contributed by atoms with Gasteiger partial charge >= 0.3 is 5.97 Å². The van der Waals surface area contributed by atoms with E-state index in [2.05, 4.69) is 95.6 Å². The van der Waals surface area contributed by atoms with Gasteiger partial charge in [-0.25, -0.2) is 0 Å². The van der Waals surface area contributed by atoms with E-state index in [1.165, 1.54) is 0 Å². The number of ether oxygens (including phenoxy) is 2. The number of rotatable bonds is 5. The molecule has 3 nitrogen and oxygen atoms in total. The van der Waals surface area contributed by atoms with Crippen molar-refractivity contribution < 1.29 is 14.6 Å². The van der Waals surface area contributed by atoms with Gasteiger partial charge in [-0.3, -0.25) is 0 Å². The van der Waals surface area contributed by atoms with Gasteiger partial charge in [0.2, 0.25) is 0 Å². The van der Waals surface area contributed by atoms with E-state index in [1.54, 1.807) is 19.1 Å². The van der Waals surface area contributed by atoms with Crippen molar-refractivity contribution in [1.29, 1.82) is 0 Å². The van der Waals surface area contributed by atoms with Crippen LogP contribution in [0.4, 0.5) is 0 Å². The third-order valence-electron chi connectivity index (χ3n) is 3.70. The molecule has 0 fully saturated rings. The summed E-state index contributed by atoms with van der Waals surface area (Å²) in [5, 5.41) is 10.9. The maximum absolute atomic E-state index is 10.9. The monoisotopic (exact) mass is 740 g/mol. The van der Waals surface area contributed by atoms with E-state index in [1.807, 2.05) is 13.8 Å². The van der Waals surface area contributed by atoms with E-state index in [0.717, 1.165) is 38.0 Å². The Labute approximate surface area is 203 Å². The standard InChI is InChI=1S/C17H14Br6O3/c1-4-17(24,25-11-5-9(18)15(22)13(20)7(11)2)26-12-6-10(19)16(23)14(21)8(12)3/h5-6,24H,4H2,1-3H3. The van der Waals surface area contributed by atoms with E-state index in [4.69, 9.17) is 9.47 Å². The van der Waals surface area contributed by atoms with Gasteiger partial charge in [0.25, 0.3) is 0 Å². The summed E-state index contributed by atoms with van der Waals surface area (Å²) in [6, 6.07) is 3.57. The number of aliphatic hydroxyl groups is 1. The fourth-order valence-corrected chi connectivity index (χ4v) is 5.04. The number of hydrogen-bond acceptors (Lipinski definition) is 3. The lowest BCUT2D eigenvalue weighted by Crippen LogP contribution is -2.42. The van der Waals surface area contributed by atoms with Crippen LogP contribution in [0.1, 0.15) is 24.5 Å². The Morgan fingerprint density at radius 3 is 1.42 bits per heavy atom. The summed E-state index contributed by atoms with van der Waals surface area (Å²) in [4.78, 5) is 0. The Hall–Kier alpha value is 0.880. The second-order valence-corrected chi connectivity index (χ2v) is 10.4. The van der Waals surface area contributed by atoms with Crippen LogP contribution in [0.15, 0.2) is 39.0 Å². The Balaban J connectivity index is 2.42. The Kier molecular flexibility index (Phi) is 8.14. The minimum Gasteiger partial charge on any atom is -0.430 e. The molecule has 2 rings (SSSR count). The number of halogens is 6. The highest BCUT2D eigenvalue weighted by atomic mass is 79.9. The predicted molar refractivity (Wildman–Crippen MR) is 125 cm³/mol. The van der Waals surface area contributed by atoms with Crippen molar-refractivity contribution in [3.63, 3.8) is 0 Å². The van der Waals surface area contributed by atoms with Gasteiger partial charge < -0.3 is 14.6 Å². The second kappa shape index (κ2) is 9.13. The summed E-state index contributed by atoms with van der Waals surface area (Å²) in [5.74, 6) is -0.817. The lowest BCUT2D eigenvalue weighted by molar-refractivity contribution is -0.274. The minimum absolute atomic E-state index is 0.225. The molecule has 2 aromatic carbocycles. The summed E-state index contributed by atoms with van der Waals surface area (Å²) in [6.07, 6.45) is 0.225. The number of benzene rings is 2. The van der Waals surface area contributed by atoms with Crippen molar-refractivity contribution in [1.82, 2.24) is 0 Å². The molecular weight excluding hydrogens is 732 g/mol. The Bertz CT molecular complexity index is 788. The molecule has 0 heterocycles. The zero-order valence-corrected chi connectivity index (χ0v) is 23.4. The van der Waals surface area contributed by atoms with E-state index in [-0.39, 0.29) is 6.42 Å². The summed E-state index contributed by atoms with van der Waals surface area (Å²) in [7, 11) is 0. The molecule has 0 unspecified atom stereocenters. The Morgan fingerprint density at radius 1 is 0.769 bits per heavy atom. The summed E-state index contributed by atoms with van der Waals surface area (Å²) in [6.45, 7) is 5.58. The van der Waals surface area contributed by atoms with E-state index >= 15 is 0 Å². The minimum atomic E-state index is -1.82. The maximum atomic E-state index is 10.9. The van der Waals surface area contributed by atoms with Gasteiger partial charge in [-0.05, 0) is 122 Å². The summed E-state index contributed by atoms with van der Waals surface area (Å²) in [5.41, 5.74) is 1.68. The van der Waals surface area contributed by atoms with E-state index in [9.17, 15) is 5.11 Å². The van der Waals surface area contributed by atoms with E-state index in [0.29, 0.717) is 11.5 Å². The third-order valence-corrected chi connectivity index (χ3v) is 10.7. The van der Waals surface area contributed by atoms with Crippen molar-refractivity contribution in [2.24, 2.45) is 0 Å². The first-order valence-electron chi connectivity index (χ1n) is 7.39. The molecule has 0 amide bonds. The lowest BCUT2D eigenvalue weighted by Gasteiger charge is -2.30. The molecule has 142 valence electrons. The van der Waals surface area contributed by atoms with Crippen LogP contribution in [-0.2, 0) is 0 Å². The van der Waals surface area contributed by atoms with Crippen LogP contribution in [0.3, 0.4) is 0 Å². The molecule has 26 heavy (non-hydrogen) atoms. The first-order chi connectivity index (χ1) is 12.0. The second-order valence-electron chi connectivity index (χ2n) is 5.49. The van der Waals surface area contributed by atoms with Crippen LogP contribution in [0, 0.1) is 13.8 Å². The third kappa shape index (κ3) is 4.89. The normalized spacial score (nSPS) is 11.6. The first-order valence-corrected chi connectivity index (χ1v) is 12.1. The highest BCUT2D eigenvalue weighted by Gasteiger charge is 2.32.